The molecule has 0 bridgehead atoms. The third-order valence-corrected chi connectivity index (χ3v) is 1.32. The van der Waals surface area contributed by atoms with Gasteiger partial charge in [-0.15, -0.1) is 6.54 Å². The molecule has 0 amide bonds. The van der Waals surface area contributed by atoms with Gasteiger partial charge >= 0.3 is 18.9 Å². The van der Waals surface area contributed by atoms with Crippen molar-refractivity contribution in [2.24, 2.45) is 0 Å². The third kappa shape index (κ3) is 6.40. The van der Waals surface area contributed by atoms with Gasteiger partial charge in [0.15, 0.2) is 0 Å². The molecular formula is C6H15LiN2. The molecular weight excluding hydrogens is 107 g/mol. The van der Waals surface area contributed by atoms with Crippen LogP contribution in [0, 0.1) is 0 Å². The van der Waals surface area contributed by atoms with E-state index < -0.39 is 0 Å². The fourth-order valence-corrected chi connectivity index (χ4v) is 0.698. The minimum atomic E-state index is 0. The molecule has 0 atom stereocenters. The van der Waals surface area contributed by atoms with Crippen LogP contribution in [0.4, 0.5) is 0 Å². The number of nitrogens with one attached hydrogen (secondary N) is 1. The molecule has 0 aliphatic heterocycles. The predicted octanol–water partition coefficient (Wildman–Crippen LogP) is -1.62. The van der Waals surface area contributed by atoms with Crippen LogP contribution in [0.25, 0.3) is 5.73 Å². The maximum absolute atomic E-state index is 6.90. The molecule has 0 aromatic heterocycles. The zero-order chi connectivity index (χ0) is 6.41. The molecule has 0 saturated heterocycles. The Hall–Kier alpha value is 0.517. The molecule has 0 aromatic carbocycles. The van der Waals surface area contributed by atoms with Crippen LogP contribution in [0.15, 0.2) is 0 Å². The summed E-state index contributed by atoms with van der Waals surface area (Å²) in [6.45, 7) is 7.86. The summed E-state index contributed by atoms with van der Waals surface area (Å²) in [5.41, 5.74) is 6.90. The summed E-state index contributed by atoms with van der Waals surface area (Å²) < 4.78 is 0. The molecule has 2 nitrogen and oxygen atoms in total. The molecule has 0 saturated carbocycles. The summed E-state index contributed by atoms with van der Waals surface area (Å²) in [5.74, 6) is 0. The molecule has 0 rings (SSSR count). The summed E-state index contributed by atoms with van der Waals surface area (Å²) >= 11 is 0. The number of rotatable bonds is 4. The fourth-order valence-electron chi connectivity index (χ4n) is 0.698. The predicted molar refractivity (Wildman–Crippen MR) is 37.0 cm³/mol. The van der Waals surface area contributed by atoms with Gasteiger partial charge < -0.3 is 10.6 Å². The molecule has 0 heterocycles. The van der Waals surface area contributed by atoms with Crippen LogP contribution in [-0.2, 0) is 0 Å². The van der Waals surface area contributed by atoms with E-state index in [1.807, 2.05) is 0 Å². The van der Waals surface area contributed by atoms with Crippen LogP contribution < -0.4 is 18.9 Å². The molecule has 0 radical (unpaired) electrons. The Bertz CT molecular complexity index is 46.3. The van der Waals surface area contributed by atoms with E-state index in [4.69, 9.17) is 5.73 Å². The van der Waals surface area contributed by atoms with Crippen LogP contribution in [0.5, 0.6) is 0 Å². The Balaban J connectivity index is 0. The van der Waals surface area contributed by atoms with Gasteiger partial charge in [0.2, 0.25) is 0 Å². The second kappa shape index (κ2) is 8.52. The van der Waals surface area contributed by atoms with E-state index >= 15 is 0 Å². The Morgan fingerprint density at radius 3 is 1.78 bits per heavy atom. The number of nitrogens with zero attached hydrogens (tertiary/aromatic N) is 1. The van der Waals surface area contributed by atoms with Crippen LogP contribution in [0.3, 0.4) is 0 Å². The number of hydrogen-bond acceptors (Lipinski definition) is 1. The average molecular weight is 122 g/mol. The Morgan fingerprint density at radius 1 is 1.22 bits per heavy atom. The summed E-state index contributed by atoms with van der Waals surface area (Å²) in [6.07, 6.45) is 0. The van der Waals surface area contributed by atoms with Crippen LogP contribution in [0.1, 0.15) is 13.8 Å². The Morgan fingerprint density at radius 2 is 1.67 bits per heavy atom. The van der Waals surface area contributed by atoms with Crippen molar-refractivity contribution in [2.75, 3.05) is 26.2 Å². The number of hydrogen-bond donors (Lipinski definition) is 0. The van der Waals surface area contributed by atoms with Gasteiger partial charge in [-0.2, -0.15) is 0 Å². The van der Waals surface area contributed by atoms with Crippen molar-refractivity contribution in [1.82, 2.24) is 4.90 Å². The summed E-state index contributed by atoms with van der Waals surface area (Å²) in [5, 5.41) is 0. The standard InChI is InChI=1S/C6H15N2.Li/c1-3-8(4-2)6-5-7;/h7H,3-6H2,1-2H3;/q-1;+1. The van der Waals surface area contributed by atoms with Crippen molar-refractivity contribution < 1.29 is 18.9 Å². The van der Waals surface area contributed by atoms with Crippen molar-refractivity contribution in [2.45, 2.75) is 13.8 Å². The van der Waals surface area contributed by atoms with E-state index in [1.54, 1.807) is 0 Å². The topological polar surface area (TPSA) is 27.0 Å². The van der Waals surface area contributed by atoms with E-state index in [1.165, 1.54) is 0 Å². The second-order valence-corrected chi connectivity index (χ2v) is 1.78. The normalized spacial score (nSPS) is 9.33. The van der Waals surface area contributed by atoms with Crippen molar-refractivity contribution >= 4 is 0 Å². The first-order valence-electron chi connectivity index (χ1n) is 3.22. The molecule has 1 N–H and O–H groups in total. The summed E-state index contributed by atoms with van der Waals surface area (Å²) in [6, 6.07) is 0. The monoisotopic (exact) mass is 122 g/mol. The van der Waals surface area contributed by atoms with Gasteiger partial charge in [0, 0.05) is 0 Å². The van der Waals surface area contributed by atoms with E-state index in [2.05, 4.69) is 18.7 Å². The van der Waals surface area contributed by atoms with Crippen molar-refractivity contribution in [3.63, 3.8) is 0 Å². The zero-order valence-electron chi connectivity index (χ0n) is 6.78. The van der Waals surface area contributed by atoms with Gasteiger partial charge in [-0.25, -0.2) is 0 Å². The summed E-state index contributed by atoms with van der Waals surface area (Å²) in [7, 11) is 0. The van der Waals surface area contributed by atoms with Crippen molar-refractivity contribution in [1.29, 1.82) is 0 Å². The minimum absolute atomic E-state index is 0. The maximum Gasteiger partial charge on any atom is 1.00 e. The molecule has 0 aromatic rings. The molecule has 0 spiro atoms. The largest absolute Gasteiger partial charge is 1.00 e. The van der Waals surface area contributed by atoms with Gasteiger partial charge in [0.05, 0.1) is 0 Å². The minimum Gasteiger partial charge on any atom is -0.676 e. The summed E-state index contributed by atoms with van der Waals surface area (Å²) in [4.78, 5) is 2.24. The number of likely N-dealkylation sites (N-methyl/N-ethyl adjacent to an activating group) is 1. The van der Waals surface area contributed by atoms with E-state index in [0.29, 0.717) is 6.54 Å². The van der Waals surface area contributed by atoms with E-state index in [0.717, 1.165) is 19.6 Å². The van der Waals surface area contributed by atoms with Crippen LogP contribution >= 0.6 is 0 Å². The van der Waals surface area contributed by atoms with Gasteiger partial charge in [0.25, 0.3) is 0 Å². The molecule has 0 unspecified atom stereocenters. The second-order valence-electron chi connectivity index (χ2n) is 1.78. The first-order valence-corrected chi connectivity index (χ1v) is 3.22. The van der Waals surface area contributed by atoms with E-state index in [9.17, 15) is 0 Å². The Kier molecular flexibility index (Phi) is 11.6. The zero-order valence-corrected chi connectivity index (χ0v) is 6.78. The fraction of sp³-hybridized carbons (Fsp3) is 1.00. The van der Waals surface area contributed by atoms with E-state index in [-0.39, 0.29) is 18.9 Å². The molecule has 0 aliphatic rings. The SMILES string of the molecule is CCN(CC)CC[NH-].[Li+]. The van der Waals surface area contributed by atoms with Gasteiger partial charge in [-0.1, -0.05) is 13.8 Å². The molecule has 3 heteroatoms. The van der Waals surface area contributed by atoms with Crippen LogP contribution in [-0.4, -0.2) is 31.1 Å². The van der Waals surface area contributed by atoms with Crippen molar-refractivity contribution in [3.8, 4) is 0 Å². The first-order chi connectivity index (χ1) is 3.85. The molecule has 0 fully saturated rings. The molecule has 0 aliphatic carbocycles. The molecule has 9 heavy (non-hydrogen) atoms. The first kappa shape index (κ1) is 12.2. The van der Waals surface area contributed by atoms with Gasteiger partial charge in [-0.05, 0) is 19.6 Å². The quantitative estimate of drug-likeness (QED) is 0.412. The van der Waals surface area contributed by atoms with Crippen molar-refractivity contribution in [3.05, 3.63) is 5.73 Å². The van der Waals surface area contributed by atoms with Gasteiger partial charge in [-0.3, -0.25) is 0 Å². The molecule has 50 valence electrons. The Labute approximate surface area is 70.0 Å². The van der Waals surface area contributed by atoms with Gasteiger partial charge in [0.1, 0.15) is 0 Å². The smallest absolute Gasteiger partial charge is 0.676 e. The third-order valence-electron chi connectivity index (χ3n) is 1.32. The van der Waals surface area contributed by atoms with Crippen LogP contribution in [0.2, 0.25) is 0 Å². The maximum atomic E-state index is 6.90. The average Bonchev–Trinajstić information content (AvgIpc) is 1.83.